The molecule has 0 rings (SSSR count). The van der Waals surface area contributed by atoms with Crippen LogP contribution in [0.25, 0.3) is 0 Å². The Morgan fingerprint density at radius 2 is 2.06 bits per heavy atom. The van der Waals surface area contributed by atoms with Crippen molar-refractivity contribution in [3.8, 4) is 0 Å². The molecule has 4 heteroatoms. The summed E-state index contributed by atoms with van der Waals surface area (Å²) in [5, 5.41) is 11.8. The van der Waals surface area contributed by atoms with Crippen LogP contribution in [0.3, 0.4) is 0 Å². The van der Waals surface area contributed by atoms with Gasteiger partial charge in [-0.05, 0) is 37.6 Å². The van der Waals surface area contributed by atoms with Gasteiger partial charge in [-0.25, -0.2) is 0 Å². The number of carbonyl (C=O) groups excluding carboxylic acids is 1. The molecule has 0 aliphatic carbocycles. The van der Waals surface area contributed by atoms with Gasteiger partial charge < -0.3 is 16.2 Å². The van der Waals surface area contributed by atoms with Crippen LogP contribution in [0.15, 0.2) is 0 Å². The van der Waals surface area contributed by atoms with Crippen LogP contribution in [0.4, 0.5) is 0 Å². The van der Waals surface area contributed by atoms with Crippen molar-refractivity contribution in [1.29, 1.82) is 0 Å². The number of nitrogens with one attached hydrogen (secondary N) is 1. The van der Waals surface area contributed by atoms with Gasteiger partial charge in [0, 0.05) is 19.6 Å². The third-order valence-electron chi connectivity index (χ3n) is 3.23. The number of hydrogen-bond acceptors (Lipinski definition) is 3. The Morgan fingerprint density at radius 3 is 2.59 bits per heavy atom. The largest absolute Gasteiger partial charge is 0.396 e. The second kappa shape index (κ2) is 10.5. The zero-order valence-corrected chi connectivity index (χ0v) is 11.2. The zero-order valence-electron chi connectivity index (χ0n) is 11.2. The van der Waals surface area contributed by atoms with Crippen LogP contribution in [0, 0.1) is 11.8 Å². The first kappa shape index (κ1) is 16.4. The number of aliphatic hydroxyl groups is 1. The van der Waals surface area contributed by atoms with Crippen LogP contribution in [-0.2, 0) is 4.79 Å². The van der Waals surface area contributed by atoms with E-state index in [0.717, 1.165) is 25.7 Å². The van der Waals surface area contributed by atoms with Gasteiger partial charge in [-0.2, -0.15) is 0 Å². The number of amides is 1. The summed E-state index contributed by atoms with van der Waals surface area (Å²) in [5.41, 5.74) is 5.46. The molecule has 0 aromatic carbocycles. The van der Waals surface area contributed by atoms with Gasteiger partial charge in [-0.3, -0.25) is 4.79 Å². The fraction of sp³-hybridized carbons (Fsp3) is 0.923. The average Bonchev–Trinajstić information content (AvgIpc) is 2.32. The van der Waals surface area contributed by atoms with E-state index in [-0.39, 0.29) is 12.5 Å². The Balaban J connectivity index is 3.64. The van der Waals surface area contributed by atoms with E-state index in [9.17, 15) is 4.79 Å². The molecule has 0 aliphatic rings. The normalized spacial score (nSPS) is 14.4. The summed E-state index contributed by atoms with van der Waals surface area (Å²) in [7, 11) is 0. The highest BCUT2D eigenvalue weighted by Crippen LogP contribution is 2.09. The monoisotopic (exact) mass is 244 g/mol. The third kappa shape index (κ3) is 9.12. The molecule has 0 radical (unpaired) electrons. The maximum absolute atomic E-state index is 11.6. The molecule has 2 unspecified atom stereocenters. The highest BCUT2D eigenvalue weighted by atomic mass is 16.3. The third-order valence-corrected chi connectivity index (χ3v) is 3.23. The Morgan fingerprint density at radius 1 is 1.35 bits per heavy atom. The molecule has 0 aromatic heterocycles. The molecule has 0 heterocycles. The van der Waals surface area contributed by atoms with Gasteiger partial charge in [0.15, 0.2) is 0 Å². The molecular formula is C13H28N2O2. The summed E-state index contributed by atoms with van der Waals surface area (Å²) in [6, 6.07) is 0. The lowest BCUT2D eigenvalue weighted by molar-refractivity contribution is -0.121. The van der Waals surface area contributed by atoms with Crippen molar-refractivity contribution in [3.63, 3.8) is 0 Å². The SMILES string of the molecule is CCC(CCO)CNC(=O)CCC(C)CCN. The summed E-state index contributed by atoms with van der Waals surface area (Å²) in [5.74, 6) is 1.03. The average molecular weight is 244 g/mol. The molecule has 0 fully saturated rings. The molecule has 17 heavy (non-hydrogen) atoms. The first-order valence-corrected chi connectivity index (χ1v) is 6.71. The molecule has 102 valence electrons. The van der Waals surface area contributed by atoms with Crippen molar-refractivity contribution in [2.45, 2.75) is 46.0 Å². The number of hydrogen-bond donors (Lipinski definition) is 3. The lowest BCUT2D eigenvalue weighted by Gasteiger charge is -2.15. The highest BCUT2D eigenvalue weighted by molar-refractivity contribution is 5.75. The van der Waals surface area contributed by atoms with Crippen LogP contribution in [0.2, 0.25) is 0 Å². The Kier molecular flexibility index (Phi) is 10.2. The Hall–Kier alpha value is -0.610. The topological polar surface area (TPSA) is 75.3 Å². The first-order chi connectivity index (χ1) is 8.13. The van der Waals surface area contributed by atoms with Gasteiger partial charge >= 0.3 is 0 Å². The predicted octanol–water partition coefficient (Wildman–Crippen LogP) is 1.28. The highest BCUT2D eigenvalue weighted by Gasteiger charge is 2.09. The number of aliphatic hydroxyl groups excluding tert-OH is 1. The van der Waals surface area contributed by atoms with Crippen LogP contribution in [0.5, 0.6) is 0 Å². The van der Waals surface area contributed by atoms with Crippen LogP contribution in [0.1, 0.15) is 46.0 Å². The smallest absolute Gasteiger partial charge is 0.220 e. The van der Waals surface area contributed by atoms with Gasteiger partial charge in [0.1, 0.15) is 0 Å². The lowest BCUT2D eigenvalue weighted by Crippen LogP contribution is -2.29. The molecule has 4 N–H and O–H groups in total. The zero-order chi connectivity index (χ0) is 13.1. The van der Waals surface area contributed by atoms with E-state index in [1.807, 2.05) is 0 Å². The van der Waals surface area contributed by atoms with E-state index in [1.54, 1.807) is 0 Å². The van der Waals surface area contributed by atoms with E-state index in [2.05, 4.69) is 19.2 Å². The molecule has 0 spiro atoms. The lowest BCUT2D eigenvalue weighted by atomic mass is 10.0. The molecule has 0 saturated heterocycles. The molecular weight excluding hydrogens is 216 g/mol. The molecule has 4 nitrogen and oxygen atoms in total. The van der Waals surface area contributed by atoms with Gasteiger partial charge in [-0.1, -0.05) is 20.3 Å². The summed E-state index contributed by atoms with van der Waals surface area (Å²) < 4.78 is 0. The van der Waals surface area contributed by atoms with Crippen LogP contribution < -0.4 is 11.1 Å². The molecule has 1 amide bonds. The molecule has 0 aliphatic heterocycles. The number of nitrogens with two attached hydrogens (primary N) is 1. The Labute approximate surface area is 105 Å². The minimum absolute atomic E-state index is 0.116. The van der Waals surface area contributed by atoms with Crippen molar-refractivity contribution < 1.29 is 9.90 Å². The predicted molar refractivity (Wildman–Crippen MR) is 70.6 cm³/mol. The number of rotatable bonds is 10. The van der Waals surface area contributed by atoms with Gasteiger partial charge in [0.2, 0.25) is 5.91 Å². The Bertz CT molecular complexity index is 198. The van der Waals surface area contributed by atoms with Gasteiger partial charge in [-0.15, -0.1) is 0 Å². The van der Waals surface area contributed by atoms with E-state index in [0.29, 0.717) is 31.3 Å². The maximum Gasteiger partial charge on any atom is 0.220 e. The van der Waals surface area contributed by atoms with Crippen molar-refractivity contribution in [3.05, 3.63) is 0 Å². The van der Waals surface area contributed by atoms with E-state index >= 15 is 0 Å². The summed E-state index contributed by atoms with van der Waals surface area (Å²) in [6.45, 7) is 5.77. The maximum atomic E-state index is 11.6. The molecule has 2 atom stereocenters. The minimum atomic E-state index is 0.116. The van der Waals surface area contributed by atoms with Crippen molar-refractivity contribution >= 4 is 5.91 Å². The minimum Gasteiger partial charge on any atom is -0.396 e. The van der Waals surface area contributed by atoms with Crippen molar-refractivity contribution in [2.24, 2.45) is 17.6 Å². The quantitative estimate of drug-likeness (QED) is 0.542. The second-order valence-corrected chi connectivity index (χ2v) is 4.81. The summed E-state index contributed by atoms with van der Waals surface area (Å²) in [4.78, 5) is 11.6. The van der Waals surface area contributed by atoms with Crippen LogP contribution in [-0.4, -0.2) is 30.7 Å². The molecule has 0 bridgehead atoms. The fourth-order valence-corrected chi connectivity index (χ4v) is 1.79. The summed E-state index contributed by atoms with van der Waals surface area (Å²) in [6.07, 6.45) is 4.22. The second-order valence-electron chi connectivity index (χ2n) is 4.81. The van der Waals surface area contributed by atoms with Gasteiger partial charge in [0.05, 0.1) is 0 Å². The first-order valence-electron chi connectivity index (χ1n) is 6.71. The van der Waals surface area contributed by atoms with E-state index in [1.165, 1.54) is 0 Å². The van der Waals surface area contributed by atoms with E-state index < -0.39 is 0 Å². The number of carbonyl (C=O) groups is 1. The van der Waals surface area contributed by atoms with Crippen molar-refractivity contribution in [1.82, 2.24) is 5.32 Å². The van der Waals surface area contributed by atoms with Gasteiger partial charge in [0.25, 0.3) is 0 Å². The molecule has 0 aromatic rings. The molecule has 0 saturated carbocycles. The van der Waals surface area contributed by atoms with E-state index in [4.69, 9.17) is 10.8 Å². The standard InChI is InChI=1S/C13H28N2O2/c1-3-12(7-9-16)10-15-13(17)5-4-11(2)6-8-14/h11-12,16H,3-10,14H2,1-2H3,(H,15,17). The van der Waals surface area contributed by atoms with Crippen molar-refractivity contribution in [2.75, 3.05) is 19.7 Å². The van der Waals surface area contributed by atoms with Crippen LogP contribution >= 0.6 is 0 Å². The fourth-order valence-electron chi connectivity index (χ4n) is 1.79. The summed E-state index contributed by atoms with van der Waals surface area (Å²) >= 11 is 0.